The molecule has 0 spiro atoms. The summed E-state index contributed by atoms with van der Waals surface area (Å²) >= 11 is 0. The number of carboxylic acid groups (broad SMARTS) is 1. The first kappa shape index (κ1) is 61.1. The van der Waals surface area contributed by atoms with Gasteiger partial charge in [-0.25, -0.2) is 49.1 Å². The number of fused-ring (bicyclic) bond motifs is 2. The van der Waals surface area contributed by atoms with Crippen LogP contribution in [0.2, 0.25) is 0 Å². The number of benzene rings is 2. The molecule has 2 aliphatic carbocycles. The molecule has 466 valence electrons. The molecular weight excluding hydrogens is 1160 g/mol. The molecule has 8 atom stereocenters. The molecule has 89 heavy (non-hydrogen) atoms. The van der Waals surface area contributed by atoms with Gasteiger partial charge in [0.1, 0.15) is 46.9 Å². The zero-order chi connectivity index (χ0) is 62.6. The van der Waals surface area contributed by atoms with Gasteiger partial charge in [0, 0.05) is 51.1 Å². The molecule has 8 heterocycles. The summed E-state index contributed by atoms with van der Waals surface area (Å²) in [5.74, 6) is 11.1. The minimum Gasteiger partial charge on any atom is -0.478 e. The van der Waals surface area contributed by atoms with E-state index < -0.39 is 85.0 Å². The van der Waals surface area contributed by atoms with Crippen molar-refractivity contribution in [3.63, 3.8) is 0 Å². The Morgan fingerprint density at radius 3 is 1.34 bits per heavy atom. The molecule has 4 saturated heterocycles. The third kappa shape index (κ3) is 14.1. The zero-order valence-electron chi connectivity index (χ0n) is 48.0. The number of aromatic carboxylic acids is 1. The fraction of sp³-hybridized carbons (Fsp3) is 0.458. The first-order valence-corrected chi connectivity index (χ1v) is 29.0. The molecule has 4 aliphatic heterocycles. The lowest BCUT2D eigenvalue weighted by Crippen LogP contribution is -2.43. The number of piperidine rings is 2. The summed E-state index contributed by atoms with van der Waals surface area (Å²) < 4.78 is 29.8. The van der Waals surface area contributed by atoms with Crippen molar-refractivity contribution in [3.8, 4) is 35.2 Å². The van der Waals surface area contributed by atoms with E-state index in [1.54, 1.807) is 21.9 Å². The third-order valence-electron chi connectivity index (χ3n) is 16.0. The number of ether oxygens (including phenoxy) is 5. The van der Waals surface area contributed by atoms with E-state index >= 15 is 0 Å². The van der Waals surface area contributed by atoms with Crippen molar-refractivity contribution in [2.24, 2.45) is 11.8 Å². The van der Waals surface area contributed by atoms with E-state index in [0.717, 1.165) is 38.5 Å². The number of anilines is 2. The van der Waals surface area contributed by atoms with Crippen LogP contribution in [0.15, 0.2) is 61.2 Å². The van der Waals surface area contributed by atoms with Crippen LogP contribution in [-0.4, -0.2) is 192 Å². The Balaban J connectivity index is 0.000000184. The van der Waals surface area contributed by atoms with Gasteiger partial charge in [0.15, 0.2) is 47.6 Å². The Bertz CT molecular complexity index is 3780. The highest BCUT2D eigenvalue weighted by Gasteiger charge is 2.50. The van der Waals surface area contributed by atoms with Crippen LogP contribution in [-0.2, 0) is 23.8 Å². The number of hydrogen-bond acceptors (Lipinski definition) is 23. The average molecular weight is 1230 g/mol. The standard InChI is InChI=1S/C30H33N7O8.C29H31N7O8/c1-43-29(41)17-5-9-19(10-6-17)44-30(42)36-13-11-16(12-14-36)3-2-4-20-34-25(31)21-26(35-20)37(15-32-21)28-23(39)22(38)24(45-28)27(40)33-18-7-8-18;30-24-20-25(36(14-31-20)27-22(38)21(37)23(44-27)26(39)32-17-6-7-17)34-19(33-24)3-1-2-15-10-12-35(13-11-15)29(42)43-18-8-4-16(5-9-18)28(40)41/h5-6,9-10,15-16,18,22-24,28,38-39H,3,7-8,11-14H2,1H3,(H,33,40)(H2,31,34,35);4-5,8-9,14-15,17,21-23,27,37-38H,2,6-7,10-13H2,(H,32,39)(H,40,41)(H2,30,33,34)/t22-,23?,24+,28-;21-,22?,23+,27-/m11/s1. The lowest BCUT2D eigenvalue weighted by atomic mass is 9.94. The maximum absolute atomic E-state index is 12.6. The molecule has 4 amide bonds. The molecule has 6 aliphatic rings. The van der Waals surface area contributed by atoms with Crippen molar-refractivity contribution in [2.75, 3.05) is 44.8 Å². The molecule has 11 N–H and O–H groups in total. The number of esters is 1. The van der Waals surface area contributed by atoms with Gasteiger partial charge in [0.2, 0.25) is 11.6 Å². The molecule has 2 aromatic carbocycles. The van der Waals surface area contributed by atoms with E-state index in [9.17, 15) is 49.2 Å². The normalized spacial score (nSPS) is 23.5. The predicted molar refractivity (Wildman–Crippen MR) is 308 cm³/mol. The molecule has 2 saturated carbocycles. The van der Waals surface area contributed by atoms with Gasteiger partial charge < -0.3 is 81.1 Å². The molecule has 12 rings (SSSR count). The van der Waals surface area contributed by atoms with Gasteiger partial charge in [-0.15, -0.1) is 0 Å². The number of amides is 4. The number of methoxy groups -OCH3 is 1. The quantitative estimate of drug-likeness (QED) is 0.0617. The van der Waals surface area contributed by atoms with Crippen LogP contribution in [0.25, 0.3) is 22.3 Å². The number of aliphatic hydroxyl groups excluding tert-OH is 4. The topological polar surface area (TPSA) is 420 Å². The van der Waals surface area contributed by atoms with Crippen molar-refractivity contribution in [3.05, 3.63) is 84.0 Å². The first-order valence-electron chi connectivity index (χ1n) is 29.0. The molecule has 6 fully saturated rings. The number of nitrogens with one attached hydrogen (secondary N) is 2. The fourth-order valence-electron chi connectivity index (χ4n) is 10.6. The number of carboxylic acids is 1. The summed E-state index contributed by atoms with van der Waals surface area (Å²) in [6, 6.07) is 11.9. The number of rotatable bonds is 12. The van der Waals surface area contributed by atoms with Gasteiger partial charge in [-0.2, -0.15) is 0 Å². The molecule has 30 heteroatoms. The lowest BCUT2D eigenvalue weighted by Gasteiger charge is -2.30. The zero-order valence-corrected chi connectivity index (χ0v) is 48.0. The number of imidazole rings is 2. The SMILES string of the molecule is COC(=O)c1ccc(OC(=O)N2CCC(CC#Cc3nc(N)c4ncn([C@@H]5O[C@H](C(=O)NC6CC6)[C@H](O)C5O)c4n3)CC2)cc1.Nc1nc(C#CCC2CCN(C(=O)Oc3ccc(C(=O)O)cc3)CC2)nc2c1ncn2[C@@H]1O[C@H](C(=O)NC2CC2)[C@H](O)C1O. The Labute approximate surface area is 506 Å². The van der Waals surface area contributed by atoms with Crippen molar-refractivity contribution >= 4 is 69.9 Å². The number of aromatic nitrogens is 8. The van der Waals surface area contributed by atoms with Crippen molar-refractivity contribution in [2.45, 2.75) is 125 Å². The summed E-state index contributed by atoms with van der Waals surface area (Å²) in [6.45, 7) is 1.99. The first-order chi connectivity index (χ1) is 42.9. The van der Waals surface area contributed by atoms with Gasteiger partial charge >= 0.3 is 24.1 Å². The molecule has 6 aromatic rings. The number of carbonyl (C=O) groups is 6. The molecule has 0 radical (unpaired) electrons. The van der Waals surface area contributed by atoms with Crippen LogP contribution >= 0.6 is 0 Å². The number of carbonyl (C=O) groups excluding carboxylic acids is 5. The highest BCUT2D eigenvalue weighted by molar-refractivity contribution is 5.90. The van der Waals surface area contributed by atoms with Crippen molar-refractivity contribution < 1.29 is 78.0 Å². The molecular formula is C59H64N14O16. The molecule has 2 unspecified atom stereocenters. The van der Waals surface area contributed by atoms with Gasteiger partial charge in [-0.05, 0) is 124 Å². The number of nitrogens with zero attached hydrogens (tertiary/aromatic N) is 10. The van der Waals surface area contributed by atoms with E-state index in [4.69, 9.17) is 35.5 Å². The number of likely N-dealkylation sites (tertiary alicyclic amines) is 2. The van der Waals surface area contributed by atoms with Gasteiger partial charge in [0.25, 0.3) is 11.8 Å². The van der Waals surface area contributed by atoms with E-state index in [0.29, 0.717) is 63.2 Å². The van der Waals surface area contributed by atoms with E-state index in [2.05, 4.69) is 69.0 Å². The minimum absolute atomic E-state index is 0.0677. The highest BCUT2D eigenvalue weighted by Crippen LogP contribution is 2.35. The average Bonchev–Trinajstić information content (AvgIpc) is 2.29. The summed E-state index contributed by atoms with van der Waals surface area (Å²) in [5.41, 5.74) is 13.7. The fourth-order valence-corrected chi connectivity index (χ4v) is 10.6. The van der Waals surface area contributed by atoms with E-state index in [-0.39, 0.29) is 80.8 Å². The van der Waals surface area contributed by atoms with Crippen molar-refractivity contribution in [1.29, 1.82) is 0 Å². The van der Waals surface area contributed by atoms with Crippen LogP contribution in [0.1, 0.15) is 109 Å². The predicted octanol–water partition coefficient (Wildman–Crippen LogP) is 1.40. The summed E-state index contributed by atoms with van der Waals surface area (Å²) in [7, 11) is 1.30. The second-order valence-electron chi connectivity index (χ2n) is 22.4. The minimum atomic E-state index is -1.44. The number of aliphatic hydroxyl groups is 4. The Morgan fingerprint density at radius 1 is 0.573 bits per heavy atom. The Hall–Kier alpha value is -9.56. The third-order valence-corrected chi connectivity index (χ3v) is 16.0. The smallest absolute Gasteiger partial charge is 0.415 e. The highest BCUT2D eigenvalue weighted by atomic mass is 16.6. The summed E-state index contributed by atoms with van der Waals surface area (Å²) in [4.78, 5) is 102. The molecule has 30 nitrogen and oxygen atoms in total. The van der Waals surface area contributed by atoms with Crippen LogP contribution in [0.4, 0.5) is 21.2 Å². The largest absolute Gasteiger partial charge is 0.478 e. The van der Waals surface area contributed by atoms with Crippen molar-refractivity contribution in [1.82, 2.24) is 59.5 Å². The van der Waals surface area contributed by atoms with Crippen LogP contribution < -0.4 is 31.6 Å². The maximum Gasteiger partial charge on any atom is 0.415 e. The van der Waals surface area contributed by atoms with E-state index in [1.165, 1.54) is 65.3 Å². The number of nitrogen functional groups attached to an aromatic ring is 2. The number of hydrogen-bond donors (Lipinski definition) is 9. The van der Waals surface area contributed by atoms with Crippen LogP contribution in [0.5, 0.6) is 11.5 Å². The number of nitrogens with two attached hydrogens (primary N) is 2. The summed E-state index contributed by atoms with van der Waals surface area (Å²) in [6.07, 6.45) is -1.18. The molecule has 4 aromatic heterocycles. The maximum atomic E-state index is 12.6. The monoisotopic (exact) mass is 1220 g/mol. The van der Waals surface area contributed by atoms with Crippen LogP contribution in [0.3, 0.4) is 0 Å². The van der Waals surface area contributed by atoms with Crippen LogP contribution in [0, 0.1) is 35.5 Å². The lowest BCUT2D eigenvalue weighted by molar-refractivity contribution is -0.138. The molecule has 0 bridgehead atoms. The second-order valence-corrected chi connectivity index (χ2v) is 22.4. The van der Waals surface area contributed by atoms with Gasteiger partial charge in [0.05, 0.1) is 30.9 Å². The second kappa shape index (κ2) is 26.4. The van der Waals surface area contributed by atoms with Gasteiger partial charge in [-0.1, -0.05) is 11.8 Å². The van der Waals surface area contributed by atoms with E-state index in [1.807, 2.05) is 0 Å². The Kier molecular flexibility index (Phi) is 18.1. The van der Waals surface area contributed by atoms with Gasteiger partial charge in [-0.3, -0.25) is 18.7 Å². The Morgan fingerprint density at radius 2 is 0.966 bits per heavy atom. The summed E-state index contributed by atoms with van der Waals surface area (Å²) in [5, 5.41) is 56.9.